The van der Waals surface area contributed by atoms with E-state index in [2.05, 4.69) is 0 Å². The second-order valence-electron chi connectivity index (χ2n) is 6.53. The number of hydrogen-bond acceptors (Lipinski definition) is 5. The van der Waals surface area contributed by atoms with Crippen LogP contribution < -0.4 is 9.64 Å². The summed E-state index contributed by atoms with van der Waals surface area (Å²) in [7, 11) is 1.33. The first-order chi connectivity index (χ1) is 12.0. The number of rotatable bonds is 4. The Hall–Kier alpha value is -2.38. The summed E-state index contributed by atoms with van der Waals surface area (Å²) >= 11 is 0. The van der Waals surface area contributed by atoms with E-state index < -0.39 is 10.7 Å². The zero-order valence-electron chi connectivity index (χ0n) is 14.2. The van der Waals surface area contributed by atoms with E-state index >= 15 is 0 Å². The molecule has 2 aliphatic rings. The third kappa shape index (κ3) is 3.52. The first kappa shape index (κ1) is 17.4. The molecule has 1 aliphatic carbocycles. The average Bonchev–Trinajstić information content (AvgIpc) is 3.15. The number of anilines is 1. The number of benzene rings is 1. The van der Waals surface area contributed by atoms with Crippen molar-refractivity contribution in [2.24, 2.45) is 5.92 Å². The normalized spacial score (nSPS) is 18.5. The molecule has 1 heterocycles. The number of hydrogen-bond donors (Lipinski definition) is 0. The summed E-state index contributed by atoms with van der Waals surface area (Å²) < 4.78 is 18.7. The number of carbonyl (C=O) groups is 1. The smallest absolute Gasteiger partial charge is 0.295 e. The number of carbonyl (C=O) groups excluding carboxylic acids is 1. The van der Waals surface area contributed by atoms with Crippen LogP contribution in [0.2, 0.25) is 0 Å². The summed E-state index contributed by atoms with van der Waals surface area (Å²) in [5.74, 6) is -0.451. The minimum Gasteiger partial charge on any atom is -0.494 e. The van der Waals surface area contributed by atoms with Gasteiger partial charge in [0.1, 0.15) is 5.69 Å². The van der Waals surface area contributed by atoms with Crippen LogP contribution in [0.15, 0.2) is 12.1 Å². The van der Waals surface area contributed by atoms with Crippen molar-refractivity contribution in [2.75, 3.05) is 38.2 Å². The Bertz CT molecular complexity index is 668. The molecule has 1 aromatic carbocycles. The molecule has 1 saturated carbocycles. The summed E-state index contributed by atoms with van der Waals surface area (Å²) in [5, 5.41) is 11.3. The van der Waals surface area contributed by atoms with Crippen LogP contribution in [0, 0.1) is 21.8 Å². The second-order valence-corrected chi connectivity index (χ2v) is 6.53. The maximum absolute atomic E-state index is 13.8. The SMILES string of the molecule is COc1cc(N2CCN(C(=O)C3CCCC3)CC2)c([N+](=O)[O-])cc1F. The molecule has 7 nitrogen and oxygen atoms in total. The molecule has 0 bridgehead atoms. The predicted octanol–water partition coefficient (Wildman–Crippen LogP) is 2.58. The minimum absolute atomic E-state index is 0.0231. The number of nitrogens with zero attached hydrogens (tertiary/aromatic N) is 3. The third-order valence-corrected chi connectivity index (χ3v) is 5.08. The third-order valence-electron chi connectivity index (χ3n) is 5.08. The molecule has 0 atom stereocenters. The van der Waals surface area contributed by atoms with E-state index in [1.165, 1.54) is 13.2 Å². The van der Waals surface area contributed by atoms with Crippen LogP contribution in [0.1, 0.15) is 25.7 Å². The maximum Gasteiger partial charge on any atom is 0.295 e. The lowest BCUT2D eigenvalue weighted by molar-refractivity contribution is -0.384. The van der Waals surface area contributed by atoms with E-state index in [1.54, 1.807) is 0 Å². The molecule has 1 amide bonds. The van der Waals surface area contributed by atoms with Gasteiger partial charge in [-0.25, -0.2) is 4.39 Å². The van der Waals surface area contributed by atoms with Gasteiger partial charge in [-0.05, 0) is 12.8 Å². The number of nitro groups is 1. The van der Waals surface area contributed by atoms with Gasteiger partial charge in [-0.1, -0.05) is 12.8 Å². The van der Waals surface area contributed by atoms with Gasteiger partial charge in [0, 0.05) is 38.2 Å². The summed E-state index contributed by atoms with van der Waals surface area (Å²) in [4.78, 5) is 26.8. The second kappa shape index (κ2) is 7.25. The molecule has 0 aromatic heterocycles. The lowest BCUT2D eigenvalue weighted by Crippen LogP contribution is -2.50. The van der Waals surface area contributed by atoms with Crippen molar-refractivity contribution < 1.29 is 18.8 Å². The molecule has 1 saturated heterocycles. The van der Waals surface area contributed by atoms with Crippen LogP contribution in [0.3, 0.4) is 0 Å². The highest BCUT2D eigenvalue weighted by Gasteiger charge is 2.31. The number of ether oxygens (including phenoxy) is 1. The van der Waals surface area contributed by atoms with Gasteiger partial charge < -0.3 is 14.5 Å². The van der Waals surface area contributed by atoms with Crippen molar-refractivity contribution in [3.63, 3.8) is 0 Å². The van der Waals surface area contributed by atoms with Crippen LogP contribution in [-0.4, -0.2) is 49.0 Å². The fourth-order valence-electron chi connectivity index (χ4n) is 3.69. The minimum atomic E-state index is -0.756. The highest BCUT2D eigenvalue weighted by atomic mass is 19.1. The zero-order chi connectivity index (χ0) is 18.0. The Labute approximate surface area is 145 Å². The van der Waals surface area contributed by atoms with Crippen molar-refractivity contribution in [3.05, 3.63) is 28.1 Å². The standard InChI is InChI=1S/C17H22FN3O4/c1-25-16-11-14(15(21(23)24)10-13(16)18)19-6-8-20(9-7-19)17(22)12-4-2-3-5-12/h10-12H,2-9H2,1H3. The van der Waals surface area contributed by atoms with E-state index in [4.69, 9.17) is 4.74 Å². The molecule has 3 rings (SSSR count). The lowest BCUT2D eigenvalue weighted by Gasteiger charge is -2.37. The number of amides is 1. The molecule has 0 unspecified atom stereocenters. The number of halogens is 1. The Morgan fingerprint density at radius 3 is 2.44 bits per heavy atom. The summed E-state index contributed by atoms with van der Waals surface area (Å²) in [6, 6.07) is 2.26. The molecular weight excluding hydrogens is 329 g/mol. The van der Waals surface area contributed by atoms with E-state index in [0.717, 1.165) is 31.7 Å². The molecule has 0 radical (unpaired) electrons. The van der Waals surface area contributed by atoms with Crippen molar-refractivity contribution >= 4 is 17.3 Å². The highest BCUT2D eigenvalue weighted by molar-refractivity contribution is 5.79. The zero-order valence-corrected chi connectivity index (χ0v) is 14.2. The lowest BCUT2D eigenvalue weighted by atomic mass is 10.1. The molecule has 136 valence electrons. The number of methoxy groups -OCH3 is 1. The number of piperazine rings is 1. The molecular formula is C17H22FN3O4. The Kier molecular flexibility index (Phi) is 5.06. The van der Waals surface area contributed by atoms with Crippen molar-refractivity contribution in [1.29, 1.82) is 0 Å². The van der Waals surface area contributed by atoms with Crippen LogP contribution in [0.4, 0.5) is 15.8 Å². The molecule has 0 spiro atoms. The average molecular weight is 351 g/mol. The summed E-state index contributed by atoms with van der Waals surface area (Å²) in [5.41, 5.74) is 0.0464. The first-order valence-corrected chi connectivity index (χ1v) is 8.57. The highest BCUT2D eigenvalue weighted by Crippen LogP contribution is 2.35. The van der Waals surface area contributed by atoms with Gasteiger partial charge in [0.15, 0.2) is 11.6 Å². The molecule has 2 fully saturated rings. The Balaban J connectivity index is 1.74. The monoisotopic (exact) mass is 351 g/mol. The van der Waals surface area contributed by atoms with Crippen molar-refractivity contribution in [3.8, 4) is 5.75 Å². The van der Waals surface area contributed by atoms with Gasteiger partial charge in [-0.2, -0.15) is 0 Å². The molecule has 0 N–H and O–H groups in total. The van der Waals surface area contributed by atoms with E-state index in [-0.39, 0.29) is 23.3 Å². The van der Waals surface area contributed by atoms with Crippen LogP contribution in [-0.2, 0) is 4.79 Å². The van der Waals surface area contributed by atoms with Gasteiger partial charge in [-0.3, -0.25) is 14.9 Å². The fraction of sp³-hybridized carbons (Fsp3) is 0.588. The predicted molar refractivity (Wildman–Crippen MR) is 90.4 cm³/mol. The van der Waals surface area contributed by atoms with E-state index in [1.807, 2.05) is 9.80 Å². The quantitative estimate of drug-likeness (QED) is 0.616. The van der Waals surface area contributed by atoms with Crippen molar-refractivity contribution in [2.45, 2.75) is 25.7 Å². The van der Waals surface area contributed by atoms with Crippen molar-refractivity contribution in [1.82, 2.24) is 4.90 Å². The van der Waals surface area contributed by atoms with Crippen LogP contribution in [0.25, 0.3) is 0 Å². The summed E-state index contributed by atoms with van der Waals surface area (Å²) in [6.45, 7) is 2.00. The van der Waals surface area contributed by atoms with Crippen LogP contribution in [0.5, 0.6) is 5.75 Å². The Morgan fingerprint density at radius 2 is 1.88 bits per heavy atom. The van der Waals surface area contributed by atoms with Gasteiger partial charge >= 0.3 is 0 Å². The largest absolute Gasteiger partial charge is 0.494 e. The van der Waals surface area contributed by atoms with Gasteiger partial charge in [0.2, 0.25) is 5.91 Å². The van der Waals surface area contributed by atoms with Gasteiger partial charge in [0.05, 0.1) is 18.1 Å². The molecule has 1 aromatic rings. The molecule has 1 aliphatic heterocycles. The molecule has 25 heavy (non-hydrogen) atoms. The van der Waals surface area contributed by atoms with Crippen LogP contribution >= 0.6 is 0 Å². The van der Waals surface area contributed by atoms with Gasteiger partial charge in [0.25, 0.3) is 5.69 Å². The fourth-order valence-corrected chi connectivity index (χ4v) is 3.69. The molecule has 8 heteroatoms. The van der Waals surface area contributed by atoms with E-state index in [9.17, 15) is 19.3 Å². The topological polar surface area (TPSA) is 75.9 Å². The number of nitro benzene ring substituents is 1. The van der Waals surface area contributed by atoms with E-state index in [0.29, 0.717) is 31.9 Å². The van der Waals surface area contributed by atoms with Gasteiger partial charge in [-0.15, -0.1) is 0 Å². The Morgan fingerprint density at radius 1 is 1.24 bits per heavy atom. The first-order valence-electron chi connectivity index (χ1n) is 8.57. The maximum atomic E-state index is 13.8. The summed E-state index contributed by atoms with van der Waals surface area (Å²) in [6.07, 6.45) is 4.13.